The molecule has 3 heteroatoms. The van der Waals surface area contributed by atoms with Gasteiger partial charge < -0.3 is 8.98 Å². The van der Waals surface area contributed by atoms with Crippen LogP contribution in [0.2, 0.25) is 5.02 Å². The highest BCUT2D eigenvalue weighted by atomic mass is 35.5. The quantitative estimate of drug-likeness (QED) is 0.227. The highest BCUT2D eigenvalue weighted by Crippen LogP contribution is 2.42. The van der Waals surface area contributed by atoms with E-state index in [1.165, 1.54) is 21.8 Å². The topological polar surface area (TPSA) is 18.1 Å². The van der Waals surface area contributed by atoms with Gasteiger partial charge in [-0.15, -0.1) is 0 Å². The Kier molecular flexibility index (Phi) is 4.91. The van der Waals surface area contributed by atoms with Crippen molar-refractivity contribution in [2.75, 3.05) is 0 Å². The zero-order valence-electron chi connectivity index (χ0n) is 20.9. The van der Waals surface area contributed by atoms with Gasteiger partial charge in [-0.1, -0.05) is 96.5 Å². The van der Waals surface area contributed by atoms with Crippen LogP contribution in [0.25, 0.3) is 71.7 Å². The predicted molar refractivity (Wildman–Crippen MR) is 164 cm³/mol. The van der Waals surface area contributed by atoms with E-state index >= 15 is 0 Å². The fourth-order valence-electron chi connectivity index (χ4n) is 5.96. The van der Waals surface area contributed by atoms with Crippen LogP contribution in [0.3, 0.4) is 0 Å². The van der Waals surface area contributed by atoms with Gasteiger partial charge in [-0.2, -0.15) is 0 Å². The summed E-state index contributed by atoms with van der Waals surface area (Å²) in [5.41, 5.74) is 9.77. The molecule has 0 aliphatic heterocycles. The summed E-state index contributed by atoms with van der Waals surface area (Å²) >= 11 is 6.34. The first kappa shape index (κ1) is 22.2. The summed E-state index contributed by atoms with van der Waals surface area (Å²) < 4.78 is 8.66. The normalized spacial score (nSPS) is 11.7. The average molecular weight is 520 g/mol. The highest BCUT2D eigenvalue weighted by molar-refractivity contribution is 6.30. The van der Waals surface area contributed by atoms with Crippen molar-refractivity contribution in [2.24, 2.45) is 0 Å². The molecule has 0 aliphatic carbocycles. The van der Waals surface area contributed by atoms with Gasteiger partial charge in [0, 0.05) is 32.1 Å². The molecule has 0 atom stereocenters. The van der Waals surface area contributed by atoms with Crippen molar-refractivity contribution >= 4 is 55.3 Å². The third-order valence-corrected chi connectivity index (χ3v) is 7.94. The number of hydrogen-bond donors (Lipinski definition) is 0. The van der Waals surface area contributed by atoms with Crippen LogP contribution in [-0.2, 0) is 0 Å². The number of aromatic nitrogens is 1. The van der Waals surface area contributed by atoms with Gasteiger partial charge in [0.2, 0.25) is 0 Å². The van der Waals surface area contributed by atoms with Crippen molar-refractivity contribution < 1.29 is 4.42 Å². The summed E-state index contributed by atoms with van der Waals surface area (Å²) in [6.07, 6.45) is 0. The first-order valence-corrected chi connectivity index (χ1v) is 13.4. The Bertz CT molecular complexity index is 2130. The fraction of sp³-hybridized carbons (Fsp3) is 0. The van der Waals surface area contributed by atoms with Crippen molar-refractivity contribution in [1.29, 1.82) is 0 Å². The fourth-order valence-corrected chi connectivity index (χ4v) is 6.09. The van der Waals surface area contributed by atoms with Crippen molar-refractivity contribution in [3.63, 3.8) is 0 Å². The van der Waals surface area contributed by atoms with Gasteiger partial charge in [0.25, 0.3) is 0 Å². The molecule has 39 heavy (non-hydrogen) atoms. The molecule has 8 rings (SSSR count). The van der Waals surface area contributed by atoms with E-state index in [2.05, 4.69) is 114 Å². The molecule has 0 unspecified atom stereocenters. The second-order valence-corrected chi connectivity index (χ2v) is 10.3. The molecule has 0 radical (unpaired) electrons. The third kappa shape index (κ3) is 3.42. The number of para-hydroxylation sites is 3. The maximum atomic E-state index is 6.34. The zero-order chi connectivity index (χ0) is 25.9. The minimum absolute atomic E-state index is 0.721. The number of furan rings is 1. The summed E-state index contributed by atoms with van der Waals surface area (Å²) in [6, 6.07) is 46.7. The largest absolute Gasteiger partial charge is 0.456 e. The number of benzene rings is 6. The molecule has 2 nitrogen and oxygen atoms in total. The molecular formula is C36H22ClNO. The lowest BCUT2D eigenvalue weighted by atomic mass is 9.92. The van der Waals surface area contributed by atoms with Crippen LogP contribution >= 0.6 is 11.6 Å². The molecule has 0 spiro atoms. The van der Waals surface area contributed by atoms with E-state index in [0.29, 0.717) is 0 Å². The Morgan fingerprint density at radius 1 is 0.487 bits per heavy atom. The number of nitrogens with zero attached hydrogens (tertiary/aromatic N) is 1. The van der Waals surface area contributed by atoms with Crippen molar-refractivity contribution in [3.8, 4) is 27.9 Å². The van der Waals surface area contributed by atoms with Crippen LogP contribution in [0.4, 0.5) is 0 Å². The highest BCUT2D eigenvalue weighted by Gasteiger charge is 2.19. The maximum absolute atomic E-state index is 6.34. The Labute approximate surface area is 230 Å². The Balaban J connectivity index is 1.46. The Hall–Kier alpha value is -4.79. The number of hydrogen-bond acceptors (Lipinski definition) is 1. The molecule has 0 fully saturated rings. The minimum Gasteiger partial charge on any atom is -0.456 e. The predicted octanol–water partition coefficient (Wildman–Crippen LogP) is 10.7. The molecule has 0 saturated heterocycles. The molecule has 0 amide bonds. The van der Waals surface area contributed by atoms with Crippen LogP contribution in [-0.4, -0.2) is 4.57 Å². The summed E-state index contributed by atoms with van der Waals surface area (Å²) in [5.74, 6) is 0. The molecule has 0 bridgehead atoms. The lowest BCUT2D eigenvalue weighted by Crippen LogP contribution is -1.99. The number of fused-ring (bicyclic) bond motifs is 6. The van der Waals surface area contributed by atoms with Gasteiger partial charge in [-0.05, 0) is 65.2 Å². The third-order valence-electron chi connectivity index (χ3n) is 7.69. The average Bonchev–Trinajstić information content (AvgIpc) is 3.52. The van der Waals surface area contributed by atoms with Crippen molar-refractivity contribution in [2.45, 2.75) is 0 Å². The summed E-state index contributed by atoms with van der Waals surface area (Å²) in [4.78, 5) is 0. The summed E-state index contributed by atoms with van der Waals surface area (Å²) in [5, 5.41) is 5.46. The maximum Gasteiger partial charge on any atom is 0.136 e. The number of halogens is 1. The standard InChI is InChI=1S/C36H22ClNO/c37-25-19-16-23(17-20-25)36-26(24-18-21-30-29-10-3-6-15-34(29)39-35(30)22-24)11-7-14-33(36)38-31-12-4-1-8-27(31)28-9-2-5-13-32(28)38/h1-22H. The van der Waals surface area contributed by atoms with E-state index in [-0.39, 0.29) is 0 Å². The second-order valence-electron chi connectivity index (χ2n) is 9.89. The van der Waals surface area contributed by atoms with Gasteiger partial charge in [-0.25, -0.2) is 0 Å². The Morgan fingerprint density at radius 2 is 1.10 bits per heavy atom. The van der Waals surface area contributed by atoms with Crippen LogP contribution in [0.1, 0.15) is 0 Å². The lowest BCUT2D eigenvalue weighted by Gasteiger charge is -2.18. The van der Waals surface area contributed by atoms with E-state index < -0.39 is 0 Å². The molecule has 6 aromatic carbocycles. The first-order chi connectivity index (χ1) is 19.3. The molecule has 0 saturated carbocycles. The van der Waals surface area contributed by atoms with Crippen LogP contribution in [0.15, 0.2) is 138 Å². The molecular weight excluding hydrogens is 498 g/mol. The van der Waals surface area contributed by atoms with Crippen molar-refractivity contribution in [1.82, 2.24) is 4.57 Å². The van der Waals surface area contributed by atoms with E-state index in [1.54, 1.807) is 0 Å². The van der Waals surface area contributed by atoms with E-state index in [0.717, 1.165) is 54.9 Å². The van der Waals surface area contributed by atoms with E-state index in [9.17, 15) is 0 Å². The minimum atomic E-state index is 0.721. The molecule has 2 heterocycles. The monoisotopic (exact) mass is 519 g/mol. The molecule has 0 N–H and O–H groups in total. The van der Waals surface area contributed by atoms with E-state index in [4.69, 9.17) is 16.0 Å². The summed E-state index contributed by atoms with van der Waals surface area (Å²) in [6.45, 7) is 0. The van der Waals surface area contributed by atoms with E-state index in [1.807, 2.05) is 24.3 Å². The van der Waals surface area contributed by atoms with Gasteiger partial charge in [-0.3, -0.25) is 0 Å². The van der Waals surface area contributed by atoms with Gasteiger partial charge in [0.15, 0.2) is 0 Å². The zero-order valence-corrected chi connectivity index (χ0v) is 21.7. The lowest BCUT2D eigenvalue weighted by molar-refractivity contribution is 0.669. The van der Waals surface area contributed by atoms with Crippen LogP contribution in [0.5, 0.6) is 0 Å². The molecule has 8 aromatic rings. The van der Waals surface area contributed by atoms with Crippen LogP contribution < -0.4 is 0 Å². The summed E-state index contributed by atoms with van der Waals surface area (Å²) in [7, 11) is 0. The molecule has 0 aliphatic rings. The first-order valence-electron chi connectivity index (χ1n) is 13.1. The molecule has 184 valence electrons. The van der Waals surface area contributed by atoms with Gasteiger partial charge in [0.05, 0.1) is 16.7 Å². The molecule has 2 aromatic heterocycles. The van der Waals surface area contributed by atoms with Crippen LogP contribution in [0, 0.1) is 0 Å². The SMILES string of the molecule is Clc1ccc(-c2c(-c3ccc4c(c3)oc3ccccc34)cccc2-n2c3ccccc3c3ccccc32)cc1. The van der Waals surface area contributed by atoms with Gasteiger partial charge >= 0.3 is 0 Å². The van der Waals surface area contributed by atoms with Crippen molar-refractivity contribution in [3.05, 3.63) is 138 Å². The van der Waals surface area contributed by atoms with Gasteiger partial charge in [0.1, 0.15) is 11.2 Å². The smallest absolute Gasteiger partial charge is 0.136 e. The number of rotatable bonds is 3. The second kappa shape index (κ2) is 8.62. The Morgan fingerprint density at radius 3 is 1.85 bits per heavy atom.